The molecule has 0 amide bonds. The highest BCUT2D eigenvalue weighted by atomic mass is 16.3. The molecular weight excluding hydrogens is 376 g/mol. The van der Waals surface area contributed by atoms with Gasteiger partial charge < -0.3 is 15.3 Å². The molecule has 0 bridgehead atoms. The van der Waals surface area contributed by atoms with Crippen LogP contribution in [0.2, 0.25) is 0 Å². The summed E-state index contributed by atoms with van der Waals surface area (Å²) in [7, 11) is 4.03. The van der Waals surface area contributed by atoms with Gasteiger partial charge >= 0.3 is 0 Å². The van der Waals surface area contributed by atoms with E-state index in [0.29, 0.717) is 11.1 Å². The van der Waals surface area contributed by atoms with Gasteiger partial charge in [-0.05, 0) is 35.7 Å². The van der Waals surface area contributed by atoms with E-state index in [2.05, 4.69) is 34.5 Å². The summed E-state index contributed by atoms with van der Waals surface area (Å²) in [5.41, 5.74) is 3.62. The number of aliphatic hydroxyl groups excluding tert-OH is 1. The van der Waals surface area contributed by atoms with Gasteiger partial charge in [-0.2, -0.15) is 0 Å². The Morgan fingerprint density at radius 2 is 1.43 bits per heavy atom. The van der Waals surface area contributed by atoms with Crippen LogP contribution < -0.4 is 21.1 Å². The summed E-state index contributed by atoms with van der Waals surface area (Å²) in [6.07, 6.45) is 7.35. The lowest BCUT2D eigenvalue weighted by atomic mass is 9.97. The van der Waals surface area contributed by atoms with Crippen molar-refractivity contribution >= 4 is 23.5 Å². The lowest BCUT2D eigenvalue weighted by molar-refractivity contribution is 0.208. The van der Waals surface area contributed by atoms with E-state index in [1.165, 1.54) is 0 Å². The molecule has 5 heteroatoms. The summed E-state index contributed by atoms with van der Waals surface area (Å²) in [5, 5.41) is 12.2. The third kappa shape index (κ3) is 4.93. The molecular formula is C25H26N2O3. The third-order valence-electron chi connectivity index (χ3n) is 4.78. The molecule has 3 aromatic carbocycles. The van der Waals surface area contributed by atoms with E-state index in [1.54, 1.807) is 6.92 Å². The van der Waals surface area contributed by atoms with Crippen molar-refractivity contribution in [2.24, 2.45) is 0 Å². The first-order chi connectivity index (χ1) is 14.4. The normalized spacial score (nSPS) is 12.7. The van der Waals surface area contributed by atoms with Crippen LogP contribution in [0.3, 0.4) is 0 Å². The molecule has 0 spiro atoms. The molecule has 0 aliphatic carbocycles. The van der Waals surface area contributed by atoms with E-state index in [-0.39, 0.29) is 12.2 Å². The molecule has 0 aliphatic rings. The topological polar surface area (TPSA) is 69.6 Å². The number of rotatable bonds is 8. The number of aliphatic hydroxyl groups is 1. The number of nitrogens with zero attached hydrogens (tertiary/aromatic N) is 1. The summed E-state index contributed by atoms with van der Waals surface area (Å²) < 4.78 is 0. The predicted octanol–water partition coefficient (Wildman–Crippen LogP) is 3.53. The van der Waals surface area contributed by atoms with Gasteiger partial charge in [0.1, 0.15) is 0 Å². The Labute approximate surface area is 176 Å². The van der Waals surface area contributed by atoms with Crippen LogP contribution in [-0.2, 0) is 0 Å². The SMILES string of the molecule is CC(O)CNc1c(-c2ccc(C=CC=Cc3ccc(N(C)C)cc3)cc2)c(=O)c1=O. The molecule has 3 aromatic rings. The zero-order valence-electron chi connectivity index (χ0n) is 17.4. The van der Waals surface area contributed by atoms with E-state index in [9.17, 15) is 14.7 Å². The molecule has 0 saturated heterocycles. The molecule has 2 N–H and O–H groups in total. The van der Waals surface area contributed by atoms with Crippen LogP contribution in [-0.4, -0.2) is 31.9 Å². The lowest BCUT2D eigenvalue weighted by Gasteiger charge is -2.14. The van der Waals surface area contributed by atoms with Gasteiger partial charge in [-0.3, -0.25) is 9.59 Å². The van der Waals surface area contributed by atoms with Gasteiger partial charge in [-0.1, -0.05) is 60.7 Å². The Bertz CT molecular complexity index is 1120. The second-order valence-electron chi connectivity index (χ2n) is 7.46. The zero-order valence-corrected chi connectivity index (χ0v) is 17.4. The van der Waals surface area contributed by atoms with E-state index in [1.807, 2.05) is 62.7 Å². The fourth-order valence-corrected chi connectivity index (χ4v) is 3.06. The number of hydrogen-bond acceptors (Lipinski definition) is 5. The Morgan fingerprint density at radius 1 is 0.900 bits per heavy atom. The quantitative estimate of drug-likeness (QED) is 0.446. The molecule has 5 nitrogen and oxygen atoms in total. The van der Waals surface area contributed by atoms with Gasteiger partial charge in [0.15, 0.2) is 0 Å². The van der Waals surface area contributed by atoms with E-state index in [0.717, 1.165) is 16.8 Å². The molecule has 0 radical (unpaired) electrons. The van der Waals surface area contributed by atoms with Crippen LogP contribution in [0.4, 0.5) is 11.4 Å². The monoisotopic (exact) mass is 402 g/mol. The molecule has 0 heterocycles. The highest BCUT2D eigenvalue weighted by Gasteiger charge is 2.22. The van der Waals surface area contributed by atoms with Crippen molar-refractivity contribution in [1.82, 2.24) is 0 Å². The van der Waals surface area contributed by atoms with Crippen LogP contribution in [0.25, 0.3) is 23.3 Å². The molecule has 1 unspecified atom stereocenters. The number of benzene rings is 2. The average Bonchev–Trinajstić information content (AvgIpc) is 2.74. The molecule has 0 fully saturated rings. The molecule has 0 aromatic heterocycles. The highest BCUT2D eigenvalue weighted by Crippen LogP contribution is 2.24. The van der Waals surface area contributed by atoms with E-state index < -0.39 is 17.0 Å². The fourth-order valence-electron chi connectivity index (χ4n) is 3.06. The van der Waals surface area contributed by atoms with Crippen molar-refractivity contribution in [3.05, 3.63) is 92.3 Å². The van der Waals surface area contributed by atoms with Crippen LogP contribution in [0.1, 0.15) is 18.1 Å². The standard InChI is InChI=1S/C25H26N2O3/c1-17(28)16-26-23-22(24(29)25(23)30)20-12-8-18(9-13-20)6-4-5-7-19-10-14-21(15-11-19)27(2)3/h4-15,17,26,28H,16H2,1-3H3. The Morgan fingerprint density at radius 3 is 1.93 bits per heavy atom. The second-order valence-corrected chi connectivity index (χ2v) is 7.46. The maximum atomic E-state index is 12.0. The number of hydrogen-bond donors (Lipinski definition) is 2. The average molecular weight is 402 g/mol. The van der Waals surface area contributed by atoms with Gasteiger partial charge in [0.05, 0.1) is 17.4 Å². The minimum Gasteiger partial charge on any atom is -0.392 e. The molecule has 0 aliphatic heterocycles. The van der Waals surface area contributed by atoms with Crippen molar-refractivity contribution in [3.63, 3.8) is 0 Å². The second kappa shape index (κ2) is 9.37. The minimum absolute atomic E-state index is 0.225. The molecule has 3 rings (SSSR count). The number of allylic oxidation sites excluding steroid dienone is 2. The number of nitrogens with one attached hydrogen (secondary N) is 1. The molecule has 1 atom stereocenters. The van der Waals surface area contributed by atoms with Crippen molar-refractivity contribution in [2.75, 3.05) is 30.9 Å². The highest BCUT2D eigenvalue weighted by molar-refractivity contribution is 5.82. The van der Waals surface area contributed by atoms with Crippen LogP contribution in [0.15, 0.2) is 70.3 Å². The van der Waals surface area contributed by atoms with Gasteiger partial charge in [0, 0.05) is 26.3 Å². The zero-order chi connectivity index (χ0) is 21.7. The first-order valence-corrected chi connectivity index (χ1v) is 9.84. The maximum Gasteiger partial charge on any atom is 0.250 e. The number of anilines is 2. The summed E-state index contributed by atoms with van der Waals surface area (Å²) >= 11 is 0. The van der Waals surface area contributed by atoms with Crippen LogP contribution in [0.5, 0.6) is 0 Å². The van der Waals surface area contributed by atoms with Crippen molar-refractivity contribution in [2.45, 2.75) is 13.0 Å². The summed E-state index contributed by atoms with van der Waals surface area (Å²) in [5.74, 6) is 0. The summed E-state index contributed by atoms with van der Waals surface area (Å²) in [6, 6.07) is 15.8. The van der Waals surface area contributed by atoms with Crippen molar-refractivity contribution < 1.29 is 5.11 Å². The van der Waals surface area contributed by atoms with Gasteiger partial charge in [0.2, 0.25) is 10.9 Å². The van der Waals surface area contributed by atoms with Crippen LogP contribution >= 0.6 is 0 Å². The fraction of sp³-hybridized carbons (Fsp3) is 0.200. The largest absolute Gasteiger partial charge is 0.392 e. The molecule has 154 valence electrons. The third-order valence-corrected chi connectivity index (χ3v) is 4.78. The first-order valence-electron chi connectivity index (χ1n) is 9.84. The minimum atomic E-state index is -0.603. The first kappa shape index (κ1) is 21.3. The molecule has 30 heavy (non-hydrogen) atoms. The Kier molecular flexibility index (Phi) is 6.65. The van der Waals surface area contributed by atoms with E-state index >= 15 is 0 Å². The lowest BCUT2D eigenvalue weighted by Crippen LogP contribution is -2.37. The Hall–Kier alpha value is -3.44. The van der Waals surface area contributed by atoms with Gasteiger partial charge in [0.25, 0.3) is 0 Å². The van der Waals surface area contributed by atoms with Crippen molar-refractivity contribution in [1.29, 1.82) is 0 Å². The smallest absolute Gasteiger partial charge is 0.250 e. The maximum absolute atomic E-state index is 12.0. The summed E-state index contributed by atoms with van der Waals surface area (Å²) in [4.78, 5) is 25.8. The van der Waals surface area contributed by atoms with Gasteiger partial charge in [-0.15, -0.1) is 0 Å². The molecule has 0 saturated carbocycles. The summed E-state index contributed by atoms with van der Waals surface area (Å²) in [6.45, 7) is 1.84. The Balaban J connectivity index is 1.66. The van der Waals surface area contributed by atoms with Crippen LogP contribution in [0, 0.1) is 0 Å². The van der Waals surface area contributed by atoms with Crippen molar-refractivity contribution in [3.8, 4) is 11.1 Å². The predicted molar refractivity (Wildman–Crippen MR) is 126 cm³/mol. The van der Waals surface area contributed by atoms with Gasteiger partial charge in [-0.25, -0.2) is 0 Å². The van der Waals surface area contributed by atoms with E-state index in [4.69, 9.17) is 0 Å².